The Kier molecular flexibility index (Phi) is 14.7. The molecule has 0 aliphatic carbocycles. The molecule has 0 unspecified atom stereocenters. The van der Waals surface area contributed by atoms with Crippen LogP contribution >= 0.6 is 0 Å². The first-order chi connectivity index (χ1) is 11.6. The van der Waals surface area contributed by atoms with Gasteiger partial charge >= 0.3 is 18.1 Å². The molecule has 152 valence electrons. The van der Waals surface area contributed by atoms with Crippen molar-refractivity contribution in [3.63, 3.8) is 0 Å². The van der Waals surface area contributed by atoms with Gasteiger partial charge in [0, 0.05) is 6.42 Å². The van der Waals surface area contributed by atoms with Gasteiger partial charge in [-0.25, -0.2) is 0 Å². The molecule has 2 nitrogen and oxygen atoms in total. The molecule has 0 saturated carbocycles. The molecule has 0 aromatic carbocycles. The van der Waals surface area contributed by atoms with E-state index in [1.54, 1.807) is 6.92 Å². The van der Waals surface area contributed by atoms with E-state index >= 15 is 0 Å². The van der Waals surface area contributed by atoms with E-state index in [1.807, 2.05) is 41.5 Å². The fourth-order valence-electron chi connectivity index (χ4n) is 1.53. The van der Waals surface area contributed by atoms with Gasteiger partial charge in [0.25, 0.3) is 0 Å². The third kappa shape index (κ3) is 7.20. The first-order valence-corrected chi connectivity index (χ1v) is 8.46. The van der Waals surface area contributed by atoms with E-state index in [9.17, 15) is 26.3 Å². The first-order valence-electron chi connectivity index (χ1n) is 8.46. The highest BCUT2D eigenvalue weighted by Crippen LogP contribution is 2.53. The maximum Gasteiger partial charge on any atom is 0.478 e. The van der Waals surface area contributed by atoms with E-state index in [0.29, 0.717) is 6.42 Å². The molecule has 0 saturated heterocycles. The summed E-state index contributed by atoms with van der Waals surface area (Å²) in [6, 6.07) is 0. The lowest BCUT2D eigenvalue weighted by atomic mass is 10.2. The fraction of sp³-hybridized carbons (Fsp3) is 0.765. The Balaban J connectivity index is -0.000000725. The third-order valence-electron chi connectivity index (χ3n) is 2.34. The molecule has 1 heterocycles. The molecule has 0 spiro atoms. The zero-order chi connectivity index (χ0) is 20.9. The Morgan fingerprint density at radius 3 is 1.52 bits per heavy atom. The van der Waals surface area contributed by atoms with Crippen LogP contribution in [0.25, 0.3) is 0 Å². The van der Waals surface area contributed by atoms with Gasteiger partial charge in [0.15, 0.2) is 5.76 Å². The van der Waals surface area contributed by atoms with Crippen LogP contribution in [-0.4, -0.2) is 18.1 Å². The Morgan fingerprint density at radius 1 is 0.840 bits per heavy atom. The minimum Gasteiger partial charge on any atom is -0.439 e. The fourth-order valence-corrected chi connectivity index (χ4v) is 1.53. The Morgan fingerprint density at radius 2 is 1.24 bits per heavy atom. The van der Waals surface area contributed by atoms with Gasteiger partial charge < -0.3 is 9.47 Å². The Labute approximate surface area is 146 Å². The van der Waals surface area contributed by atoms with Crippen molar-refractivity contribution >= 4 is 0 Å². The number of rotatable bonds is 3. The molecule has 1 aliphatic heterocycles. The van der Waals surface area contributed by atoms with E-state index in [4.69, 9.17) is 0 Å². The molecule has 1 rings (SSSR count). The van der Waals surface area contributed by atoms with Crippen LogP contribution in [-0.2, 0) is 9.47 Å². The molecular weight excluding hydrogens is 350 g/mol. The Bertz CT molecular complexity index is 381. The van der Waals surface area contributed by atoms with E-state index < -0.39 is 29.7 Å². The second-order valence-electron chi connectivity index (χ2n) is 3.85. The smallest absolute Gasteiger partial charge is 0.439 e. The zero-order valence-electron chi connectivity index (χ0n) is 16.2. The van der Waals surface area contributed by atoms with Gasteiger partial charge in [-0.3, -0.25) is 0 Å². The molecular formula is C17H30F6O2. The van der Waals surface area contributed by atoms with Crippen molar-refractivity contribution < 1.29 is 35.8 Å². The number of halogens is 6. The second kappa shape index (κ2) is 12.9. The van der Waals surface area contributed by atoms with E-state index in [0.717, 1.165) is 6.08 Å². The van der Waals surface area contributed by atoms with Crippen LogP contribution < -0.4 is 0 Å². The van der Waals surface area contributed by atoms with Crippen LogP contribution in [0.1, 0.15) is 68.2 Å². The molecule has 25 heavy (non-hydrogen) atoms. The van der Waals surface area contributed by atoms with Gasteiger partial charge in [0.05, 0.1) is 0 Å². The summed E-state index contributed by atoms with van der Waals surface area (Å²) >= 11 is 0. The molecule has 1 aliphatic rings. The summed E-state index contributed by atoms with van der Waals surface area (Å²) in [5.41, 5.74) is 0. The number of hydrogen-bond donors (Lipinski definition) is 0. The zero-order valence-corrected chi connectivity index (χ0v) is 16.2. The summed E-state index contributed by atoms with van der Waals surface area (Å²) < 4.78 is 84.6. The van der Waals surface area contributed by atoms with Gasteiger partial charge in [0.2, 0.25) is 0 Å². The van der Waals surface area contributed by atoms with Crippen LogP contribution in [0.4, 0.5) is 26.3 Å². The number of hydrogen-bond acceptors (Lipinski definition) is 2. The summed E-state index contributed by atoms with van der Waals surface area (Å²) in [5.74, 6) is -5.60. The maximum atomic E-state index is 12.7. The van der Waals surface area contributed by atoms with Crippen molar-refractivity contribution in [3.05, 3.63) is 23.7 Å². The molecule has 0 atom stereocenters. The molecule has 0 aromatic rings. The minimum absolute atomic E-state index is 0.0758. The van der Waals surface area contributed by atoms with Crippen molar-refractivity contribution in [1.29, 1.82) is 0 Å². The predicted molar refractivity (Wildman–Crippen MR) is 87.8 cm³/mol. The molecule has 0 amide bonds. The molecule has 8 heteroatoms. The van der Waals surface area contributed by atoms with Crippen LogP contribution in [0.5, 0.6) is 0 Å². The summed E-state index contributed by atoms with van der Waals surface area (Å²) in [6.07, 6.45) is -8.92. The Hall–Kier alpha value is -1.34. The van der Waals surface area contributed by atoms with E-state index in [2.05, 4.69) is 9.47 Å². The van der Waals surface area contributed by atoms with Crippen LogP contribution in [0.2, 0.25) is 0 Å². The monoisotopic (exact) mass is 380 g/mol. The van der Waals surface area contributed by atoms with Gasteiger partial charge in [-0.05, 0) is 19.4 Å². The van der Waals surface area contributed by atoms with Crippen LogP contribution in [0, 0.1) is 0 Å². The SMILES string of the molecule is C/C=C\C1=C(CCC)OC(C(F)(F)F)(C(F)(F)F)O1.CC.CC.CC. The normalized spacial score (nSPS) is 15.8. The summed E-state index contributed by atoms with van der Waals surface area (Å²) in [6.45, 7) is 15.0. The topological polar surface area (TPSA) is 18.5 Å². The number of ether oxygens (including phenoxy) is 2. The minimum atomic E-state index is -5.73. The van der Waals surface area contributed by atoms with Gasteiger partial charge in [-0.1, -0.05) is 54.5 Å². The number of alkyl halides is 6. The quantitative estimate of drug-likeness (QED) is 0.471. The summed E-state index contributed by atoms with van der Waals surface area (Å²) in [7, 11) is 0. The van der Waals surface area contributed by atoms with Gasteiger partial charge in [-0.2, -0.15) is 26.3 Å². The molecule has 0 aromatic heterocycles. The lowest BCUT2D eigenvalue weighted by molar-refractivity contribution is -0.438. The average Bonchev–Trinajstić information content (AvgIpc) is 2.94. The van der Waals surface area contributed by atoms with Crippen molar-refractivity contribution in [3.8, 4) is 0 Å². The van der Waals surface area contributed by atoms with Crippen LogP contribution in [0.3, 0.4) is 0 Å². The van der Waals surface area contributed by atoms with Crippen molar-refractivity contribution in [1.82, 2.24) is 0 Å². The molecule has 0 N–H and O–H groups in total. The largest absolute Gasteiger partial charge is 0.478 e. The van der Waals surface area contributed by atoms with Crippen LogP contribution in [0.15, 0.2) is 23.7 Å². The standard InChI is InChI=1S/C11H12F6O2.3C2H6/c1-3-5-7-8(6-4-2)19-9(18-7,10(12,13)14)11(15,16)17;3*1-2/h3,5H,4,6H2,1-2H3;3*1-2H3/b5-3-;;;. The van der Waals surface area contributed by atoms with E-state index in [-0.39, 0.29) is 6.42 Å². The summed E-state index contributed by atoms with van der Waals surface area (Å²) in [4.78, 5) is 0. The van der Waals surface area contributed by atoms with Crippen molar-refractivity contribution in [2.24, 2.45) is 0 Å². The van der Waals surface area contributed by atoms with Crippen molar-refractivity contribution in [2.75, 3.05) is 0 Å². The number of allylic oxidation sites excluding steroid dienone is 3. The van der Waals surface area contributed by atoms with Gasteiger partial charge in [-0.15, -0.1) is 0 Å². The molecule has 0 radical (unpaired) electrons. The van der Waals surface area contributed by atoms with Gasteiger partial charge in [0.1, 0.15) is 5.76 Å². The van der Waals surface area contributed by atoms with E-state index in [1.165, 1.54) is 13.0 Å². The summed E-state index contributed by atoms with van der Waals surface area (Å²) in [5, 5.41) is 0. The first kappa shape index (κ1) is 28.5. The molecule has 0 fully saturated rings. The lowest BCUT2D eigenvalue weighted by Gasteiger charge is -2.31. The maximum absolute atomic E-state index is 12.7. The predicted octanol–water partition coefficient (Wildman–Crippen LogP) is 7.52. The highest BCUT2D eigenvalue weighted by Gasteiger charge is 2.79. The highest BCUT2D eigenvalue weighted by molar-refractivity contribution is 5.22. The lowest BCUT2D eigenvalue weighted by Crippen LogP contribution is -2.58. The highest BCUT2D eigenvalue weighted by atomic mass is 19.4. The van der Waals surface area contributed by atoms with Crippen molar-refractivity contribution in [2.45, 2.75) is 86.4 Å². The average molecular weight is 380 g/mol. The molecule has 0 bridgehead atoms. The third-order valence-corrected chi connectivity index (χ3v) is 2.34. The second-order valence-corrected chi connectivity index (χ2v) is 3.85.